The summed E-state index contributed by atoms with van der Waals surface area (Å²) in [5.74, 6) is 1.54. The van der Waals surface area contributed by atoms with Gasteiger partial charge in [0.15, 0.2) is 0 Å². The number of hydrogen-bond donors (Lipinski definition) is 1. The van der Waals surface area contributed by atoms with E-state index in [0.29, 0.717) is 23.9 Å². The van der Waals surface area contributed by atoms with E-state index in [-0.39, 0.29) is 5.41 Å². The zero-order valence-electron chi connectivity index (χ0n) is 28.6. The first-order valence-electron chi connectivity index (χ1n) is 17.6. The predicted octanol–water partition coefficient (Wildman–Crippen LogP) is 7.13. The van der Waals surface area contributed by atoms with Gasteiger partial charge in [0.05, 0.1) is 18.3 Å². The molecule has 0 spiro atoms. The molecule has 0 bridgehead atoms. The highest BCUT2D eigenvalue weighted by Gasteiger charge is 2.44. The van der Waals surface area contributed by atoms with Crippen LogP contribution in [0.15, 0.2) is 54.7 Å². The van der Waals surface area contributed by atoms with Gasteiger partial charge in [-0.05, 0) is 105 Å². The summed E-state index contributed by atoms with van der Waals surface area (Å²) in [7, 11) is 0. The Bertz CT molecular complexity index is 1460. The van der Waals surface area contributed by atoms with Crippen LogP contribution in [0.2, 0.25) is 0 Å². The molecule has 7 heteroatoms. The summed E-state index contributed by atoms with van der Waals surface area (Å²) in [6.45, 7) is 16.1. The summed E-state index contributed by atoms with van der Waals surface area (Å²) in [4.78, 5) is 17.3. The van der Waals surface area contributed by atoms with Crippen molar-refractivity contribution < 1.29 is 14.6 Å². The van der Waals surface area contributed by atoms with Crippen molar-refractivity contribution in [3.8, 4) is 5.75 Å². The summed E-state index contributed by atoms with van der Waals surface area (Å²) < 4.78 is 8.18. The van der Waals surface area contributed by atoms with Crippen molar-refractivity contribution in [1.82, 2.24) is 19.6 Å². The Morgan fingerprint density at radius 1 is 1.04 bits per heavy atom. The second kappa shape index (κ2) is 13.9. The molecule has 1 aliphatic carbocycles. The number of ether oxygens (including phenoxy) is 1. The van der Waals surface area contributed by atoms with Crippen LogP contribution in [-0.2, 0) is 17.8 Å². The molecule has 1 aromatic heterocycles. The molecular weight excluding hydrogens is 572 g/mol. The topological polar surface area (TPSA) is 70.8 Å². The summed E-state index contributed by atoms with van der Waals surface area (Å²) in [6, 6.07) is 16.9. The molecule has 7 nitrogen and oxygen atoms in total. The number of likely N-dealkylation sites (tertiary alicyclic amines) is 2. The molecule has 2 aromatic carbocycles. The molecule has 3 atom stereocenters. The number of aryl methyl sites for hydroxylation is 2. The van der Waals surface area contributed by atoms with Crippen molar-refractivity contribution in [2.45, 2.75) is 104 Å². The number of carboxylic acids is 1. The average molecular weight is 627 g/mol. The lowest BCUT2D eigenvalue weighted by molar-refractivity contribution is -0.147. The molecule has 0 amide bonds. The largest absolute Gasteiger partial charge is 0.490 e. The summed E-state index contributed by atoms with van der Waals surface area (Å²) in [5, 5.41) is 15.3. The second-order valence-corrected chi connectivity index (χ2v) is 15.3. The van der Waals surface area contributed by atoms with E-state index in [9.17, 15) is 9.90 Å². The van der Waals surface area contributed by atoms with Gasteiger partial charge in [0.25, 0.3) is 0 Å². The fourth-order valence-electron chi connectivity index (χ4n) is 8.13. The van der Waals surface area contributed by atoms with E-state index in [1.54, 1.807) is 0 Å². The van der Waals surface area contributed by atoms with Crippen molar-refractivity contribution >= 4 is 5.97 Å². The van der Waals surface area contributed by atoms with Gasteiger partial charge in [-0.1, -0.05) is 69.7 Å². The first kappa shape index (κ1) is 32.8. The third-order valence-corrected chi connectivity index (χ3v) is 10.7. The van der Waals surface area contributed by atoms with Gasteiger partial charge >= 0.3 is 5.97 Å². The molecule has 1 N–H and O–H groups in total. The quantitative estimate of drug-likeness (QED) is 0.244. The maximum atomic E-state index is 12.5. The Hall–Kier alpha value is -3.16. The van der Waals surface area contributed by atoms with Crippen LogP contribution in [0.1, 0.15) is 99.6 Å². The van der Waals surface area contributed by atoms with Gasteiger partial charge in [0.1, 0.15) is 11.8 Å². The molecule has 46 heavy (non-hydrogen) atoms. The van der Waals surface area contributed by atoms with Gasteiger partial charge in [-0.2, -0.15) is 5.10 Å². The first-order chi connectivity index (χ1) is 22.1. The lowest BCUT2D eigenvalue weighted by Crippen LogP contribution is -2.48. The fraction of sp³-hybridized carbons (Fsp3) is 0.590. The molecule has 3 aliphatic rings. The number of benzene rings is 2. The average Bonchev–Trinajstić information content (AvgIpc) is 3.59. The lowest BCUT2D eigenvalue weighted by atomic mass is 9.85. The van der Waals surface area contributed by atoms with Gasteiger partial charge in [0, 0.05) is 31.7 Å². The minimum atomic E-state index is -0.709. The number of nitrogens with zero attached hydrogens (tertiary/aromatic N) is 4. The maximum absolute atomic E-state index is 12.5. The van der Waals surface area contributed by atoms with E-state index in [1.165, 1.54) is 47.2 Å². The fourth-order valence-corrected chi connectivity index (χ4v) is 8.13. The highest BCUT2D eigenvalue weighted by Crippen LogP contribution is 2.39. The van der Waals surface area contributed by atoms with Crippen LogP contribution in [0.25, 0.3) is 0 Å². The zero-order chi connectivity index (χ0) is 32.4. The van der Waals surface area contributed by atoms with E-state index >= 15 is 0 Å². The summed E-state index contributed by atoms with van der Waals surface area (Å²) >= 11 is 0. The molecule has 2 saturated heterocycles. The molecule has 3 aromatic rings. The molecule has 3 fully saturated rings. The van der Waals surface area contributed by atoms with Crippen molar-refractivity contribution in [2.75, 3.05) is 32.7 Å². The number of carbonyl (C=O) groups is 1. The third-order valence-electron chi connectivity index (χ3n) is 10.7. The van der Waals surface area contributed by atoms with Crippen LogP contribution < -0.4 is 4.74 Å². The van der Waals surface area contributed by atoms with E-state index < -0.39 is 12.0 Å². The van der Waals surface area contributed by atoms with Crippen LogP contribution in [-0.4, -0.2) is 75.5 Å². The summed E-state index contributed by atoms with van der Waals surface area (Å²) in [5.41, 5.74) is 6.19. The minimum Gasteiger partial charge on any atom is -0.490 e. The summed E-state index contributed by atoms with van der Waals surface area (Å²) in [6.07, 6.45) is 9.56. The normalized spacial score (nSPS) is 22.5. The zero-order valence-corrected chi connectivity index (χ0v) is 28.6. The number of rotatable bonds is 11. The molecule has 1 saturated carbocycles. The standard InChI is InChI=1S/C39H54N4O3/c1-6-36-35(26-43(40-36)22-28-13-15-33(16-14-28)46-32-11-8-12-32)29-17-19-41(20-18-29)23-31-24-42(37(38(44)45)39(3,4)5)25-34(31)30-10-7-9-27(2)21-30/h7,9-10,13-16,21,26,29,31-32,34,37H,6,8,11-12,17-20,22-25H2,1-5H3,(H,44,45). The van der Waals surface area contributed by atoms with Crippen LogP contribution in [0.4, 0.5) is 0 Å². The SMILES string of the molecule is CCc1nn(Cc2ccc(OC3CCC3)cc2)cc1C1CCN(CC2CN(C(C(=O)O)C(C)(C)C)CC2c2cccc(C)c2)CC1. The Labute approximate surface area is 275 Å². The van der Waals surface area contributed by atoms with Gasteiger partial charge in [-0.15, -0.1) is 0 Å². The maximum Gasteiger partial charge on any atom is 0.321 e. The monoisotopic (exact) mass is 626 g/mol. The van der Waals surface area contributed by atoms with Gasteiger partial charge in [0.2, 0.25) is 0 Å². The molecule has 3 heterocycles. The van der Waals surface area contributed by atoms with E-state index in [1.807, 2.05) is 0 Å². The number of carboxylic acid groups (broad SMARTS) is 1. The van der Waals surface area contributed by atoms with E-state index in [2.05, 4.69) is 104 Å². The first-order valence-corrected chi connectivity index (χ1v) is 17.6. The van der Waals surface area contributed by atoms with Crippen molar-refractivity contribution in [2.24, 2.45) is 11.3 Å². The van der Waals surface area contributed by atoms with Crippen LogP contribution in [0, 0.1) is 18.3 Å². The van der Waals surface area contributed by atoms with Gasteiger partial charge in [-0.25, -0.2) is 0 Å². The minimum absolute atomic E-state index is 0.328. The number of aromatic nitrogens is 2. The molecule has 2 aliphatic heterocycles. The molecule has 0 radical (unpaired) electrons. The second-order valence-electron chi connectivity index (χ2n) is 15.3. The third kappa shape index (κ3) is 7.52. The van der Waals surface area contributed by atoms with Crippen molar-refractivity contribution in [1.29, 1.82) is 0 Å². The van der Waals surface area contributed by atoms with Crippen molar-refractivity contribution in [3.63, 3.8) is 0 Å². The number of hydrogen-bond acceptors (Lipinski definition) is 5. The van der Waals surface area contributed by atoms with Crippen LogP contribution >= 0.6 is 0 Å². The molecule has 3 unspecified atom stereocenters. The van der Waals surface area contributed by atoms with Crippen LogP contribution in [0.3, 0.4) is 0 Å². The van der Waals surface area contributed by atoms with Gasteiger partial charge < -0.3 is 14.7 Å². The Balaban J connectivity index is 1.09. The van der Waals surface area contributed by atoms with E-state index in [0.717, 1.165) is 64.3 Å². The smallest absolute Gasteiger partial charge is 0.321 e. The number of aliphatic carboxylic acids is 1. The number of piperidine rings is 1. The molecule has 248 valence electrons. The highest BCUT2D eigenvalue weighted by atomic mass is 16.5. The van der Waals surface area contributed by atoms with Crippen molar-refractivity contribution in [3.05, 3.63) is 82.7 Å². The Kier molecular flexibility index (Phi) is 9.91. The highest BCUT2D eigenvalue weighted by molar-refractivity contribution is 5.74. The van der Waals surface area contributed by atoms with Gasteiger partial charge in [-0.3, -0.25) is 14.4 Å². The molecular formula is C39H54N4O3. The Morgan fingerprint density at radius 2 is 1.78 bits per heavy atom. The molecule has 6 rings (SSSR count). The van der Waals surface area contributed by atoms with Crippen LogP contribution in [0.5, 0.6) is 5.75 Å². The Morgan fingerprint density at radius 3 is 2.39 bits per heavy atom. The lowest BCUT2D eigenvalue weighted by Gasteiger charge is -2.36. The van der Waals surface area contributed by atoms with E-state index in [4.69, 9.17) is 9.84 Å². The predicted molar refractivity (Wildman–Crippen MR) is 184 cm³/mol.